The first-order valence-electron chi connectivity index (χ1n) is 7.29. The Labute approximate surface area is 146 Å². The third-order valence-corrected chi connectivity index (χ3v) is 4.24. The van der Waals surface area contributed by atoms with Gasteiger partial charge in [-0.05, 0) is 31.2 Å². The third kappa shape index (κ3) is 4.42. The molecule has 2 aromatic carbocycles. The van der Waals surface area contributed by atoms with Crippen LogP contribution < -0.4 is 5.32 Å². The van der Waals surface area contributed by atoms with Crippen LogP contribution in [-0.2, 0) is 4.79 Å². The van der Waals surface area contributed by atoms with Crippen molar-refractivity contribution in [2.75, 3.05) is 11.1 Å². The Morgan fingerprint density at radius 2 is 1.92 bits per heavy atom. The van der Waals surface area contributed by atoms with Crippen molar-refractivity contribution in [1.82, 2.24) is 10.2 Å². The van der Waals surface area contributed by atoms with E-state index in [1.54, 1.807) is 0 Å². The lowest BCUT2D eigenvalue weighted by Crippen LogP contribution is -2.14. The average molecular weight is 361 g/mol. The van der Waals surface area contributed by atoms with Crippen LogP contribution in [0.1, 0.15) is 5.56 Å². The molecular weight excluding hydrogens is 348 g/mol. The van der Waals surface area contributed by atoms with Gasteiger partial charge in [0.05, 0.1) is 11.3 Å². The molecule has 0 saturated carbocycles. The van der Waals surface area contributed by atoms with E-state index in [1.807, 2.05) is 31.2 Å². The Morgan fingerprint density at radius 1 is 1.16 bits per heavy atom. The molecule has 0 saturated heterocycles. The van der Waals surface area contributed by atoms with Crippen molar-refractivity contribution < 1.29 is 18.0 Å². The number of carbonyl (C=O) groups excluding carboxylic acids is 1. The van der Waals surface area contributed by atoms with Crippen LogP contribution in [0, 0.1) is 18.6 Å². The van der Waals surface area contributed by atoms with E-state index in [9.17, 15) is 13.6 Å². The standard InChI is InChI=1S/C17H13F2N3O2S/c1-10-2-5-12(6-3-10)25-9-15(23)20-17-22-21-16(24-17)13-7-4-11(18)8-14(13)19/h2-8H,9H2,1H3,(H,20,22,23). The molecule has 1 heterocycles. The largest absolute Gasteiger partial charge is 0.403 e. The van der Waals surface area contributed by atoms with Gasteiger partial charge >= 0.3 is 6.01 Å². The number of amides is 1. The number of halogens is 2. The molecule has 3 rings (SSSR count). The van der Waals surface area contributed by atoms with E-state index in [1.165, 1.54) is 17.8 Å². The summed E-state index contributed by atoms with van der Waals surface area (Å²) in [5.74, 6) is -1.84. The van der Waals surface area contributed by atoms with Gasteiger partial charge < -0.3 is 4.42 Å². The predicted octanol–water partition coefficient (Wildman–Crippen LogP) is 4.05. The molecule has 1 aromatic heterocycles. The second-order valence-corrected chi connectivity index (χ2v) is 6.24. The molecule has 0 fully saturated rings. The maximum atomic E-state index is 13.7. The van der Waals surface area contributed by atoms with Crippen LogP contribution in [-0.4, -0.2) is 21.9 Å². The molecule has 0 unspecified atom stereocenters. The van der Waals surface area contributed by atoms with E-state index in [-0.39, 0.29) is 29.1 Å². The molecule has 0 atom stereocenters. The monoisotopic (exact) mass is 361 g/mol. The molecule has 0 aliphatic carbocycles. The maximum Gasteiger partial charge on any atom is 0.322 e. The van der Waals surface area contributed by atoms with E-state index in [2.05, 4.69) is 15.5 Å². The van der Waals surface area contributed by atoms with Crippen molar-refractivity contribution in [2.24, 2.45) is 0 Å². The minimum Gasteiger partial charge on any atom is -0.403 e. The molecule has 0 bridgehead atoms. The van der Waals surface area contributed by atoms with Crippen molar-refractivity contribution >= 4 is 23.7 Å². The molecule has 8 heteroatoms. The maximum absolute atomic E-state index is 13.7. The smallest absolute Gasteiger partial charge is 0.322 e. The average Bonchev–Trinajstić information content (AvgIpc) is 3.02. The van der Waals surface area contributed by atoms with Gasteiger partial charge in [-0.1, -0.05) is 22.8 Å². The zero-order chi connectivity index (χ0) is 17.8. The number of nitrogens with zero attached hydrogens (tertiary/aromatic N) is 2. The number of hydrogen-bond acceptors (Lipinski definition) is 5. The summed E-state index contributed by atoms with van der Waals surface area (Å²) >= 11 is 1.36. The zero-order valence-corrected chi connectivity index (χ0v) is 13.9. The Kier molecular flexibility index (Phi) is 5.08. The summed E-state index contributed by atoms with van der Waals surface area (Å²) < 4.78 is 31.8. The fourth-order valence-corrected chi connectivity index (χ4v) is 2.68. The predicted molar refractivity (Wildman–Crippen MR) is 90.2 cm³/mol. The van der Waals surface area contributed by atoms with E-state index in [0.29, 0.717) is 0 Å². The molecule has 25 heavy (non-hydrogen) atoms. The van der Waals surface area contributed by atoms with Gasteiger partial charge in [-0.3, -0.25) is 10.1 Å². The lowest BCUT2D eigenvalue weighted by molar-refractivity contribution is -0.113. The minimum atomic E-state index is -0.823. The number of carbonyl (C=O) groups is 1. The Morgan fingerprint density at radius 3 is 2.64 bits per heavy atom. The fraction of sp³-hybridized carbons (Fsp3) is 0.118. The number of benzene rings is 2. The number of aromatic nitrogens is 2. The van der Waals surface area contributed by atoms with Gasteiger partial charge in [-0.15, -0.1) is 16.9 Å². The molecular formula is C17H13F2N3O2S. The van der Waals surface area contributed by atoms with Crippen LogP contribution in [0.4, 0.5) is 14.8 Å². The highest BCUT2D eigenvalue weighted by Gasteiger charge is 2.15. The van der Waals surface area contributed by atoms with Crippen LogP contribution in [0.25, 0.3) is 11.5 Å². The molecule has 128 valence electrons. The number of aryl methyl sites for hydroxylation is 1. The van der Waals surface area contributed by atoms with Crippen molar-refractivity contribution in [2.45, 2.75) is 11.8 Å². The molecule has 0 aliphatic rings. The van der Waals surface area contributed by atoms with E-state index in [0.717, 1.165) is 22.6 Å². The second kappa shape index (κ2) is 7.43. The Hall–Kier alpha value is -2.74. The molecule has 1 amide bonds. The summed E-state index contributed by atoms with van der Waals surface area (Å²) in [4.78, 5) is 12.9. The fourth-order valence-electron chi connectivity index (χ4n) is 1.98. The molecule has 5 nitrogen and oxygen atoms in total. The van der Waals surface area contributed by atoms with E-state index >= 15 is 0 Å². The first-order chi connectivity index (χ1) is 12.0. The normalized spacial score (nSPS) is 10.7. The minimum absolute atomic E-state index is 0.0385. The molecule has 0 spiro atoms. The van der Waals surface area contributed by atoms with Crippen LogP contribution >= 0.6 is 11.8 Å². The SMILES string of the molecule is Cc1ccc(SCC(=O)Nc2nnc(-c3ccc(F)cc3F)o2)cc1. The first-order valence-corrected chi connectivity index (χ1v) is 8.28. The zero-order valence-electron chi connectivity index (χ0n) is 13.1. The topological polar surface area (TPSA) is 68.0 Å². The highest BCUT2D eigenvalue weighted by atomic mass is 32.2. The van der Waals surface area contributed by atoms with E-state index in [4.69, 9.17) is 4.42 Å². The van der Waals surface area contributed by atoms with Crippen molar-refractivity contribution in [1.29, 1.82) is 0 Å². The van der Waals surface area contributed by atoms with Crippen LogP contribution in [0.15, 0.2) is 51.8 Å². The van der Waals surface area contributed by atoms with Crippen LogP contribution in [0.3, 0.4) is 0 Å². The van der Waals surface area contributed by atoms with Crippen molar-refractivity contribution in [3.63, 3.8) is 0 Å². The molecule has 0 aliphatic heterocycles. The summed E-state index contributed by atoms with van der Waals surface area (Å²) in [7, 11) is 0. The molecule has 3 aromatic rings. The lowest BCUT2D eigenvalue weighted by Gasteiger charge is -2.02. The summed E-state index contributed by atoms with van der Waals surface area (Å²) in [5.41, 5.74) is 1.10. The van der Waals surface area contributed by atoms with Gasteiger partial charge in [-0.2, -0.15) is 0 Å². The lowest BCUT2D eigenvalue weighted by atomic mass is 10.2. The van der Waals surface area contributed by atoms with Gasteiger partial charge in [0.15, 0.2) is 0 Å². The third-order valence-electron chi connectivity index (χ3n) is 3.22. The van der Waals surface area contributed by atoms with Crippen molar-refractivity contribution in [3.8, 4) is 11.5 Å². The Bertz CT molecular complexity index is 897. The summed E-state index contributed by atoms with van der Waals surface area (Å²) in [6.45, 7) is 1.98. The summed E-state index contributed by atoms with van der Waals surface area (Å²) in [6, 6.07) is 10.6. The van der Waals surface area contributed by atoms with E-state index < -0.39 is 11.6 Å². The van der Waals surface area contributed by atoms with Gasteiger partial charge in [-0.25, -0.2) is 8.78 Å². The first kappa shape index (κ1) is 17.1. The number of rotatable bonds is 5. The highest BCUT2D eigenvalue weighted by molar-refractivity contribution is 8.00. The van der Waals surface area contributed by atoms with Crippen molar-refractivity contribution in [3.05, 3.63) is 59.7 Å². The number of nitrogens with one attached hydrogen (secondary N) is 1. The molecule has 0 radical (unpaired) electrons. The molecule has 1 N–H and O–H groups in total. The number of thioether (sulfide) groups is 1. The summed E-state index contributed by atoms with van der Waals surface area (Å²) in [6.07, 6.45) is 0. The van der Waals surface area contributed by atoms with Crippen LogP contribution in [0.5, 0.6) is 0 Å². The van der Waals surface area contributed by atoms with Gasteiger partial charge in [0, 0.05) is 11.0 Å². The van der Waals surface area contributed by atoms with Gasteiger partial charge in [0.25, 0.3) is 5.89 Å². The highest BCUT2D eigenvalue weighted by Crippen LogP contribution is 2.24. The van der Waals surface area contributed by atoms with Crippen LogP contribution in [0.2, 0.25) is 0 Å². The van der Waals surface area contributed by atoms with Gasteiger partial charge in [0.2, 0.25) is 5.91 Å². The number of hydrogen-bond donors (Lipinski definition) is 1. The van der Waals surface area contributed by atoms with Gasteiger partial charge in [0.1, 0.15) is 11.6 Å². The Balaban J connectivity index is 1.60. The second-order valence-electron chi connectivity index (χ2n) is 5.19. The number of anilines is 1. The quantitative estimate of drug-likeness (QED) is 0.694. The summed E-state index contributed by atoms with van der Waals surface area (Å²) in [5, 5.41) is 9.75.